The number of amides is 1. The van der Waals surface area contributed by atoms with E-state index in [0.29, 0.717) is 22.3 Å². The number of esters is 1. The van der Waals surface area contributed by atoms with Crippen LogP contribution in [0.15, 0.2) is 66.7 Å². The zero-order valence-electron chi connectivity index (χ0n) is 20.9. The van der Waals surface area contributed by atoms with Crippen LogP contribution < -0.4 is 5.32 Å². The monoisotopic (exact) mass is 529 g/mol. The lowest BCUT2D eigenvalue weighted by atomic mass is 9.98. The zero-order chi connectivity index (χ0) is 28.3. The van der Waals surface area contributed by atoms with Crippen LogP contribution in [0.5, 0.6) is 5.75 Å². The van der Waals surface area contributed by atoms with Gasteiger partial charge in [0.05, 0.1) is 23.1 Å². The molecule has 1 atom stereocenters. The molecule has 3 aromatic carbocycles. The molecule has 4 rings (SSSR count). The number of rotatable bonds is 8. The van der Waals surface area contributed by atoms with Gasteiger partial charge in [-0.1, -0.05) is 30.3 Å². The largest absolute Gasteiger partial charge is 0.508 e. The van der Waals surface area contributed by atoms with Crippen molar-refractivity contribution in [1.29, 1.82) is 0 Å². The minimum absolute atomic E-state index is 0.0442. The maximum absolute atomic E-state index is 13.1. The van der Waals surface area contributed by atoms with Crippen LogP contribution in [-0.2, 0) is 16.0 Å². The molecule has 0 bridgehead atoms. The molecule has 39 heavy (non-hydrogen) atoms. The van der Waals surface area contributed by atoms with Gasteiger partial charge in [-0.25, -0.2) is 14.6 Å². The van der Waals surface area contributed by atoms with Crippen LogP contribution in [0.2, 0.25) is 0 Å². The highest BCUT2D eigenvalue weighted by atomic mass is 16.6. The number of pyridine rings is 1. The van der Waals surface area contributed by atoms with Gasteiger partial charge < -0.3 is 20.3 Å². The summed E-state index contributed by atoms with van der Waals surface area (Å²) in [6, 6.07) is 15.5. The Bertz CT molecular complexity index is 1620. The summed E-state index contributed by atoms with van der Waals surface area (Å²) < 4.78 is 4.80. The van der Waals surface area contributed by atoms with Crippen LogP contribution in [-0.4, -0.2) is 51.1 Å². The van der Waals surface area contributed by atoms with Gasteiger partial charge in [0.2, 0.25) is 0 Å². The molecule has 0 aliphatic rings. The molecule has 11 heteroatoms. The molecule has 0 aliphatic carbocycles. The Labute approximate surface area is 221 Å². The molecule has 0 fully saturated rings. The van der Waals surface area contributed by atoms with Crippen LogP contribution in [0.4, 0.5) is 5.69 Å². The van der Waals surface area contributed by atoms with Crippen molar-refractivity contribution < 1.29 is 34.3 Å². The summed E-state index contributed by atoms with van der Waals surface area (Å²) in [5.41, 5.74) is 1.89. The molecule has 0 spiro atoms. The topological polar surface area (TPSA) is 169 Å². The van der Waals surface area contributed by atoms with Crippen molar-refractivity contribution >= 4 is 34.4 Å². The Kier molecular flexibility index (Phi) is 7.52. The van der Waals surface area contributed by atoms with E-state index in [9.17, 15) is 34.7 Å². The van der Waals surface area contributed by atoms with E-state index in [2.05, 4.69) is 10.3 Å². The van der Waals surface area contributed by atoms with Crippen LogP contribution in [0.1, 0.15) is 32.0 Å². The highest BCUT2D eigenvalue weighted by molar-refractivity contribution is 6.07. The van der Waals surface area contributed by atoms with Crippen molar-refractivity contribution in [2.24, 2.45) is 0 Å². The van der Waals surface area contributed by atoms with Gasteiger partial charge in [-0.3, -0.25) is 14.9 Å². The predicted octanol–water partition coefficient (Wildman–Crippen LogP) is 4.04. The first kappa shape index (κ1) is 26.7. The number of aryl methyl sites for hydroxylation is 1. The van der Waals surface area contributed by atoms with Crippen molar-refractivity contribution in [3.05, 3.63) is 99.2 Å². The molecule has 4 aromatic rings. The first-order valence-corrected chi connectivity index (χ1v) is 11.7. The Balaban J connectivity index is 1.69. The third-order valence-electron chi connectivity index (χ3n) is 6.18. The van der Waals surface area contributed by atoms with E-state index in [1.54, 1.807) is 43.3 Å². The van der Waals surface area contributed by atoms with E-state index in [-0.39, 0.29) is 40.0 Å². The number of nitro groups is 1. The maximum atomic E-state index is 13.1. The molecule has 3 N–H and O–H groups in total. The number of carbonyl (C=O) groups excluding carboxylic acids is 2. The molecule has 0 radical (unpaired) electrons. The number of aromatic nitrogens is 1. The fourth-order valence-electron chi connectivity index (χ4n) is 4.12. The minimum Gasteiger partial charge on any atom is -0.508 e. The lowest BCUT2D eigenvalue weighted by Crippen LogP contribution is -2.43. The molecule has 198 valence electrons. The lowest BCUT2D eigenvalue weighted by molar-refractivity contribution is -0.385. The number of fused-ring (bicyclic) bond motifs is 1. The number of carboxylic acids is 1. The quantitative estimate of drug-likeness (QED) is 0.173. The van der Waals surface area contributed by atoms with E-state index in [1.807, 2.05) is 0 Å². The highest BCUT2D eigenvalue weighted by Crippen LogP contribution is 2.30. The Morgan fingerprint density at radius 3 is 2.33 bits per heavy atom. The second-order valence-corrected chi connectivity index (χ2v) is 8.77. The number of carboxylic acid groups (broad SMARTS) is 1. The van der Waals surface area contributed by atoms with Gasteiger partial charge in [-0.05, 0) is 53.9 Å². The normalized spacial score (nSPS) is 11.5. The van der Waals surface area contributed by atoms with Gasteiger partial charge in [-0.2, -0.15) is 0 Å². The van der Waals surface area contributed by atoms with Gasteiger partial charge in [0, 0.05) is 23.4 Å². The Hall–Kier alpha value is -5.32. The number of nitrogens with one attached hydrogen (secondary N) is 1. The van der Waals surface area contributed by atoms with Crippen molar-refractivity contribution in [3.63, 3.8) is 0 Å². The third-order valence-corrected chi connectivity index (χ3v) is 6.18. The summed E-state index contributed by atoms with van der Waals surface area (Å²) in [5, 5.41) is 33.5. The van der Waals surface area contributed by atoms with Gasteiger partial charge in [0.1, 0.15) is 17.5 Å². The summed E-state index contributed by atoms with van der Waals surface area (Å²) in [6.07, 6.45) is 0.0596. The molecule has 11 nitrogen and oxygen atoms in total. The standard InChI is InChI=1S/C28H23N3O8/c1-15-3-6-18(13-25(15)31(37)38)17-7-10-22-20(12-17)21(27(34)35)14-23(29-22)26(33)30-24(28(36)39-2)11-16-4-8-19(32)9-5-16/h3-10,12-14,24,32H,11H2,1-2H3,(H,30,33)(H,34,35)/t24-/m0/s1. The predicted molar refractivity (Wildman–Crippen MR) is 141 cm³/mol. The van der Waals surface area contributed by atoms with E-state index in [0.717, 1.165) is 6.07 Å². The molecule has 0 aliphatic heterocycles. The molecular formula is C28H23N3O8. The van der Waals surface area contributed by atoms with E-state index in [1.165, 1.54) is 31.4 Å². The molecule has 1 amide bonds. The second kappa shape index (κ2) is 11.0. The molecule has 1 aromatic heterocycles. The summed E-state index contributed by atoms with van der Waals surface area (Å²) in [6.45, 7) is 1.62. The molecule has 1 heterocycles. The van der Waals surface area contributed by atoms with E-state index >= 15 is 0 Å². The number of ether oxygens (including phenoxy) is 1. The number of aromatic hydroxyl groups is 1. The van der Waals surface area contributed by atoms with Gasteiger partial charge >= 0.3 is 11.9 Å². The summed E-state index contributed by atoms with van der Waals surface area (Å²) in [4.78, 5) is 52.7. The number of methoxy groups -OCH3 is 1. The summed E-state index contributed by atoms with van der Waals surface area (Å²) in [5.74, 6) is -2.76. The van der Waals surface area contributed by atoms with Crippen molar-refractivity contribution in [2.75, 3.05) is 7.11 Å². The maximum Gasteiger partial charge on any atom is 0.336 e. The number of hydrogen-bond donors (Lipinski definition) is 3. The molecule has 0 saturated heterocycles. The van der Waals surface area contributed by atoms with Crippen molar-refractivity contribution in [2.45, 2.75) is 19.4 Å². The first-order chi connectivity index (χ1) is 18.6. The van der Waals surface area contributed by atoms with Gasteiger partial charge in [-0.15, -0.1) is 0 Å². The molecule has 0 unspecified atom stereocenters. The average molecular weight is 530 g/mol. The highest BCUT2D eigenvalue weighted by Gasteiger charge is 2.25. The van der Waals surface area contributed by atoms with Crippen LogP contribution in [0, 0.1) is 17.0 Å². The lowest BCUT2D eigenvalue weighted by Gasteiger charge is -2.17. The van der Waals surface area contributed by atoms with Crippen LogP contribution >= 0.6 is 0 Å². The number of phenols is 1. The van der Waals surface area contributed by atoms with Crippen LogP contribution in [0.25, 0.3) is 22.0 Å². The van der Waals surface area contributed by atoms with Gasteiger partial charge in [0.25, 0.3) is 11.6 Å². The fourth-order valence-corrected chi connectivity index (χ4v) is 4.12. The molecular weight excluding hydrogens is 506 g/mol. The first-order valence-electron chi connectivity index (χ1n) is 11.7. The SMILES string of the molecule is COC(=O)[C@H](Cc1ccc(O)cc1)NC(=O)c1cc(C(=O)O)c2cc(-c3ccc(C)c([N+](=O)[O-])c3)ccc2n1. The number of aromatic carboxylic acids is 1. The fraction of sp³-hybridized carbons (Fsp3) is 0.143. The molecule has 0 saturated carbocycles. The van der Waals surface area contributed by atoms with Gasteiger partial charge in [0.15, 0.2) is 0 Å². The van der Waals surface area contributed by atoms with Crippen molar-refractivity contribution in [1.82, 2.24) is 10.3 Å². The number of nitrogens with zero attached hydrogens (tertiary/aromatic N) is 2. The number of nitro benzene ring substituents is 1. The Morgan fingerprint density at radius 1 is 1.03 bits per heavy atom. The third kappa shape index (κ3) is 5.82. The smallest absolute Gasteiger partial charge is 0.336 e. The number of benzene rings is 3. The number of phenolic OH excluding ortho intramolecular Hbond substituents is 1. The van der Waals surface area contributed by atoms with Crippen molar-refractivity contribution in [3.8, 4) is 16.9 Å². The summed E-state index contributed by atoms with van der Waals surface area (Å²) >= 11 is 0. The summed E-state index contributed by atoms with van der Waals surface area (Å²) in [7, 11) is 1.18. The number of carbonyl (C=O) groups is 3. The second-order valence-electron chi connectivity index (χ2n) is 8.77. The van der Waals surface area contributed by atoms with Crippen LogP contribution in [0.3, 0.4) is 0 Å². The van der Waals surface area contributed by atoms with E-state index in [4.69, 9.17) is 4.74 Å². The van der Waals surface area contributed by atoms with E-state index < -0.39 is 28.8 Å². The average Bonchev–Trinajstić information content (AvgIpc) is 2.92. The Morgan fingerprint density at radius 2 is 1.69 bits per heavy atom. The minimum atomic E-state index is -1.31. The number of hydrogen-bond acceptors (Lipinski definition) is 8. The zero-order valence-corrected chi connectivity index (χ0v) is 20.9.